The Morgan fingerprint density at radius 2 is 2.24 bits per heavy atom. The Morgan fingerprint density at radius 3 is 3.00 bits per heavy atom. The van der Waals surface area contributed by atoms with E-state index in [4.69, 9.17) is 0 Å². The van der Waals surface area contributed by atoms with Crippen LogP contribution in [0.1, 0.15) is 22.8 Å². The number of aryl methyl sites for hydroxylation is 3. The van der Waals surface area contributed by atoms with Gasteiger partial charge in [0, 0.05) is 23.9 Å². The van der Waals surface area contributed by atoms with E-state index >= 15 is 0 Å². The van der Waals surface area contributed by atoms with Crippen LogP contribution in [0.2, 0.25) is 0 Å². The van der Waals surface area contributed by atoms with Crippen molar-refractivity contribution in [2.24, 2.45) is 0 Å². The number of carbonyl (C=O) groups is 1. The molecule has 0 fully saturated rings. The highest BCUT2D eigenvalue weighted by atomic mass is 32.1. The second-order valence-electron chi connectivity index (χ2n) is 4.88. The number of rotatable bonds is 4. The molecule has 0 aliphatic heterocycles. The lowest BCUT2D eigenvalue weighted by Gasteiger charge is -2.02. The fraction of sp³-hybridized carbons (Fsp3) is 0.267. The van der Waals surface area contributed by atoms with Gasteiger partial charge in [0.2, 0.25) is 5.91 Å². The molecule has 1 N–H and O–H groups in total. The third-order valence-electron chi connectivity index (χ3n) is 3.37. The zero-order valence-electron chi connectivity index (χ0n) is 12.0. The zero-order chi connectivity index (χ0) is 14.8. The normalized spacial score (nSPS) is 11.0. The van der Waals surface area contributed by atoms with E-state index in [2.05, 4.69) is 15.3 Å². The molecule has 3 aromatic rings. The first kappa shape index (κ1) is 13.8. The quantitative estimate of drug-likeness (QED) is 0.806. The molecule has 108 valence electrons. The number of amides is 1. The molecule has 3 aromatic heterocycles. The van der Waals surface area contributed by atoms with E-state index in [1.165, 1.54) is 11.3 Å². The molecule has 21 heavy (non-hydrogen) atoms. The summed E-state index contributed by atoms with van der Waals surface area (Å²) in [5, 5.41) is 3.51. The molecular formula is C15H16N4OS. The van der Waals surface area contributed by atoms with Gasteiger partial charge >= 0.3 is 0 Å². The van der Waals surface area contributed by atoms with Crippen molar-refractivity contribution in [1.29, 1.82) is 0 Å². The lowest BCUT2D eigenvalue weighted by Crippen LogP contribution is -2.13. The molecule has 5 nitrogen and oxygen atoms in total. The summed E-state index contributed by atoms with van der Waals surface area (Å²) >= 11 is 1.50. The first-order valence-electron chi connectivity index (χ1n) is 6.78. The number of pyridine rings is 1. The molecular weight excluding hydrogens is 284 g/mol. The molecule has 0 atom stereocenters. The summed E-state index contributed by atoms with van der Waals surface area (Å²) in [6, 6.07) is 5.93. The Morgan fingerprint density at radius 1 is 1.38 bits per heavy atom. The van der Waals surface area contributed by atoms with Crippen molar-refractivity contribution < 1.29 is 4.79 Å². The molecule has 0 saturated carbocycles. The zero-order valence-corrected chi connectivity index (χ0v) is 12.8. The van der Waals surface area contributed by atoms with Crippen LogP contribution in [0.15, 0.2) is 30.6 Å². The van der Waals surface area contributed by atoms with E-state index in [1.54, 1.807) is 0 Å². The maximum absolute atomic E-state index is 12.0. The molecule has 0 radical (unpaired) electrons. The average molecular weight is 300 g/mol. The van der Waals surface area contributed by atoms with E-state index in [0.29, 0.717) is 18.0 Å². The SMILES string of the molecule is Cc1nc(NC(=O)CCc2ncc3ccccn23)sc1C. The monoisotopic (exact) mass is 300 g/mol. The molecule has 3 heterocycles. The van der Waals surface area contributed by atoms with Crippen molar-refractivity contribution in [3.63, 3.8) is 0 Å². The number of thiazole rings is 1. The van der Waals surface area contributed by atoms with Gasteiger partial charge in [-0.15, -0.1) is 11.3 Å². The second kappa shape index (κ2) is 5.65. The molecule has 0 unspecified atom stereocenters. The van der Waals surface area contributed by atoms with Gasteiger partial charge in [-0.3, -0.25) is 4.79 Å². The molecule has 6 heteroatoms. The van der Waals surface area contributed by atoms with E-state index < -0.39 is 0 Å². The lowest BCUT2D eigenvalue weighted by molar-refractivity contribution is -0.116. The minimum atomic E-state index is -0.0311. The predicted molar refractivity (Wildman–Crippen MR) is 83.7 cm³/mol. The minimum Gasteiger partial charge on any atom is -0.304 e. The summed E-state index contributed by atoms with van der Waals surface area (Å²) in [5.41, 5.74) is 2.01. The lowest BCUT2D eigenvalue weighted by atomic mass is 10.3. The Hall–Kier alpha value is -2.21. The smallest absolute Gasteiger partial charge is 0.226 e. The number of aromatic nitrogens is 3. The van der Waals surface area contributed by atoms with Crippen LogP contribution in [0.4, 0.5) is 5.13 Å². The van der Waals surface area contributed by atoms with Gasteiger partial charge in [0.05, 0.1) is 17.4 Å². The maximum atomic E-state index is 12.0. The predicted octanol–water partition coefficient (Wildman–Crippen LogP) is 2.98. The topological polar surface area (TPSA) is 59.3 Å². The molecule has 0 aromatic carbocycles. The molecule has 1 amide bonds. The fourth-order valence-electron chi connectivity index (χ4n) is 2.12. The van der Waals surface area contributed by atoms with Crippen molar-refractivity contribution in [1.82, 2.24) is 14.4 Å². The first-order chi connectivity index (χ1) is 10.1. The van der Waals surface area contributed by atoms with Crippen molar-refractivity contribution in [2.45, 2.75) is 26.7 Å². The third kappa shape index (κ3) is 2.95. The number of hydrogen-bond donors (Lipinski definition) is 1. The van der Waals surface area contributed by atoms with Crippen LogP contribution in [0, 0.1) is 13.8 Å². The van der Waals surface area contributed by atoms with Crippen molar-refractivity contribution in [3.05, 3.63) is 47.0 Å². The van der Waals surface area contributed by atoms with Crippen LogP contribution in [0.5, 0.6) is 0 Å². The summed E-state index contributed by atoms with van der Waals surface area (Å²) in [7, 11) is 0. The number of fused-ring (bicyclic) bond motifs is 1. The average Bonchev–Trinajstić information content (AvgIpc) is 3.01. The highest BCUT2D eigenvalue weighted by Gasteiger charge is 2.10. The van der Waals surface area contributed by atoms with E-state index in [0.717, 1.165) is 21.9 Å². The highest BCUT2D eigenvalue weighted by molar-refractivity contribution is 7.15. The van der Waals surface area contributed by atoms with Gasteiger partial charge in [-0.2, -0.15) is 0 Å². The number of anilines is 1. The van der Waals surface area contributed by atoms with Gasteiger partial charge < -0.3 is 9.72 Å². The number of imidazole rings is 1. The summed E-state index contributed by atoms with van der Waals surface area (Å²) in [6.07, 6.45) is 4.78. The first-order valence-corrected chi connectivity index (χ1v) is 7.60. The Kier molecular flexibility index (Phi) is 3.70. The van der Waals surface area contributed by atoms with E-state index in [9.17, 15) is 4.79 Å². The number of carbonyl (C=O) groups excluding carboxylic acids is 1. The third-order valence-corrected chi connectivity index (χ3v) is 4.35. The van der Waals surface area contributed by atoms with Gasteiger partial charge in [-0.1, -0.05) is 6.07 Å². The number of nitrogens with zero attached hydrogens (tertiary/aromatic N) is 3. The summed E-state index contributed by atoms with van der Waals surface area (Å²) < 4.78 is 2.00. The maximum Gasteiger partial charge on any atom is 0.226 e. The number of hydrogen-bond acceptors (Lipinski definition) is 4. The van der Waals surface area contributed by atoms with Crippen LogP contribution in [-0.2, 0) is 11.2 Å². The minimum absolute atomic E-state index is 0.0311. The van der Waals surface area contributed by atoms with Crippen molar-refractivity contribution in [2.75, 3.05) is 5.32 Å². The van der Waals surface area contributed by atoms with Crippen molar-refractivity contribution in [3.8, 4) is 0 Å². The van der Waals surface area contributed by atoms with Gasteiger partial charge in [0.25, 0.3) is 0 Å². The Labute approximate surface area is 126 Å². The van der Waals surface area contributed by atoms with Gasteiger partial charge in [-0.05, 0) is 26.0 Å². The van der Waals surface area contributed by atoms with Crippen LogP contribution in [-0.4, -0.2) is 20.3 Å². The second-order valence-corrected chi connectivity index (χ2v) is 6.08. The van der Waals surface area contributed by atoms with Crippen LogP contribution in [0.3, 0.4) is 0 Å². The summed E-state index contributed by atoms with van der Waals surface area (Å²) in [4.78, 5) is 21.8. The van der Waals surface area contributed by atoms with Gasteiger partial charge in [0.15, 0.2) is 5.13 Å². The largest absolute Gasteiger partial charge is 0.304 e. The molecule has 0 spiro atoms. The Balaban J connectivity index is 1.63. The molecule has 0 saturated heterocycles. The van der Waals surface area contributed by atoms with E-state index in [1.807, 2.05) is 48.8 Å². The van der Waals surface area contributed by atoms with Gasteiger partial charge in [0.1, 0.15) is 5.82 Å². The summed E-state index contributed by atoms with van der Waals surface area (Å²) in [6.45, 7) is 3.94. The summed E-state index contributed by atoms with van der Waals surface area (Å²) in [5.74, 6) is 0.865. The molecule has 0 aliphatic carbocycles. The van der Waals surface area contributed by atoms with Crippen LogP contribution >= 0.6 is 11.3 Å². The highest BCUT2D eigenvalue weighted by Crippen LogP contribution is 2.21. The molecule has 0 bridgehead atoms. The Bertz CT molecular complexity index is 770. The van der Waals surface area contributed by atoms with Crippen LogP contribution in [0.25, 0.3) is 5.52 Å². The van der Waals surface area contributed by atoms with E-state index in [-0.39, 0.29) is 5.91 Å². The van der Waals surface area contributed by atoms with Gasteiger partial charge in [-0.25, -0.2) is 9.97 Å². The van der Waals surface area contributed by atoms with Crippen LogP contribution < -0.4 is 5.32 Å². The number of nitrogens with one attached hydrogen (secondary N) is 1. The standard InChI is InChI=1S/C15H16N4OS/c1-10-11(2)21-15(17-10)18-14(20)7-6-13-16-9-12-5-3-4-8-19(12)13/h3-5,8-9H,6-7H2,1-2H3,(H,17,18,20). The molecule has 0 aliphatic rings. The molecule has 3 rings (SSSR count). The fourth-order valence-corrected chi connectivity index (χ4v) is 2.95. The van der Waals surface area contributed by atoms with Crippen molar-refractivity contribution >= 4 is 27.9 Å².